The highest BCUT2D eigenvalue weighted by Gasteiger charge is 2.47. The molecular weight excluding hydrogens is 358 g/mol. The SMILES string of the molecule is O=C(NCc1ccncc1)C1CC1C(=O)Nc1ccc(Br)cc1. The lowest BCUT2D eigenvalue weighted by molar-refractivity contribution is -0.125. The zero-order chi connectivity index (χ0) is 16.2. The van der Waals surface area contributed by atoms with Crippen LogP contribution in [0.5, 0.6) is 0 Å². The lowest BCUT2D eigenvalue weighted by Crippen LogP contribution is -2.27. The van der Waals surface area contributed by atoms with Crippen LogP contribution in [0.2, 0.25) is 0 Å². The van der Waals surface area contributed by atoms with E-state index in [0.29, 0.717) is 13.0 Å². The molecule has 0 saturated heterocycles. The summed E-state index contributed by atoms with van der Waals surface area (Å²) in [5.41, 5.74) is 1.73. The van der Waals surface area contributed by atoms with Crippen molar-refractivity contribution in [3.63, 3.8) is 0 Å². The van der Waals surface area contributed by atoms with Crippen molar-refractivity contribution >= 4 is 33.4 Å². The molecule has 118 valence electrons. The lowest BCUT2D eigenvalue weighted by Gasteiger charge is -2.06. The van der Waals surface area contributed by atoms with E-state index in [2.05, 4.69) is 31.5 Å². The van der Waals surface area contributed by atoms with Crippen molar-refractivity contribution in [2.75, 3.05) is 5.32 Å². The maximum absolute atomic E-state index is 12.1. The molecule has 2 N–H and O–H groups in total. The Kier molecular flexibility index (Phi) is 4.71. The van der Waals surface area contributed by atoms with Gasteiger partial charge in [0.05, 0.1) is 11.8 Å². The lowest BCUT2D eigenvalue weighted by atomic mass is 10.2. The van der Waals surface area contributed by atoms with E-state index in [4.69, 9.17) is 0 Å². The Balaban J connectivity index is 1.47. The van der Waals surface area contributed by atoms with Crippen LogP contribution in [0.15, 0.2) is 53.3 Å². The number of benzene rings is 1. The molecule has 0 radical (unpaired) electrons. The molecular formula is C17H16BrN3O2. The predicted molar refractivity (Wildman–Crippen MR) is 90.5 cm³/mol. The highest BCUT2D eigenvalue weighted by Crippen LogP contribution is 2.39. The van der Waals surface area contributed by atoms with Crippen molar-refractivity contribution < 1.29 is 9.59 Å². The summed E-state index contributed by atoms with van der Waals surface area (Å²) in [6.45, 7) is 0.457. The van der Waals surface area contributed by atoms with Gasteiger partial charge in [-0.05, 0) is 48.4 Å². The Morgan fingerprint density at radius 1 is 1.04 bits per heavy atom. The molecule has 1 heterocycles. The number of carbonyl (C=O) groups excluding carboxylic acids is 2. The molecule has 0 bridgehead atoms. The van der Waals surface area contributed by atoms with Crippen LogP contribution in [0.1, 0.15) is 12.0 Å². The number of anilines is 1. The van der Waals surface area contributed by atoms with Gasteiger partial charge in [0.15, 0.2) is 0 Å². The number of carbonyl (C=O) groups is 2. The first kappa shape index (κ1) is 15.7. The first-order chi connectivity index (χ1) is 11.1. The van der Waals surface area contributed by atoms with Gasteiger partial charge in [0.2, 0.25) is 11.8 Å². The molecule has 2 atom stereocenters. The van der Waals surface area contributed by atoms with E-state index in [1.807, 2.05) is 36.4 Å². The van der Waals surface area contributed by atoms with Crippen LogP contribution in [0.25, 0.3) is 0 Å². The highest BCUT2D eigenvalue weighted by molar-refractivity contribution is 9.10. The second kappa shape index (κ2) is 6.91. The summed E-state index contributed by atoms with van der Waals surface area (Å²) in [6.07, 6.45) is 3.98. The fourth-order valence-corrected chi connectivity index (χ4v) is 2.63. The molecule has 2 aromatic rings. The van der Waals surface area contributed by atoms with Gasteiger partial charge in [-0.25, -0.2) is 0 Å². The average Bonchev–Trinajstić information content (AvgIpc) is 3.36. The topological polar surface area (TPSA) is 71.1 Å². The summed E-state index contributed by atoms with van der Waals surface area (Å²) < 4.78 is 0.954. The molecule has 1 saturated carbocycles. The van der Waals surface area contributed by atoms with Crippen LogP contribution in [0.4, 0.5) is 5.69 Å². The summed E-state index contributed by atoms with van der Waals surface area (Å²) in [7, 11) is 0. The minimum atomic E-state index is -0.240. The fraction of sp³-hybridized carbons (Fsp3) is 0.235. The van der Waals surface area contributed by atoms with E-state index in [-0.39, 0.29) is 23.7 Å². The zero-order valence-corrected chi connectivity index (χ0v) is 13.9. The normalized spacial score (nSPS) is 19.0. The largest absolute Gasteiger partial charge is 0.352 e. The number of nitrogens with one attached hydrogen (secondary N) is 2. The molecule has 0 aliphatic heterocycles. The fourth-order valence-electron chi connectivity index (χ4n) is 2.36. The minimum absolute atomic E-state index is 0.0715. The number of pyridine rings is 1. The quantitative estimate of drug-likeness (QED) is 0.846. The Morgan fingerprint density at radius 2 is 1.70 bits per heavy atom. The summed E-state index contributed by atoms with van der Waals surface area (Å²) in [4.78, 5) is 28.1. The van der Waals surface area contributed by atoms with Gasteiger partial charge in [-0.3, -0.25) is 14.6 Å². The van der Waals surface area contributed by atoms with Gasteiger partial charge >= 0.3 is 0 Å². The Morgan fingerprint density at radius 3 is 2.39 bits per heavy atom. The molecule has 1 aromatic carbocycles. The Bertz CT molecular complexity index is 704. The van der Waals surface area contributed by atoms with Crippen molar-refractivity contribution in [3.8, 4) is 0 Å². The maximum atomic E-state index is 12.1. The molecule has 0 spiro atoms. The molecule has 1 aliphatic carbocycles. The third-order valence-electron chi connectivity index (χ3n) is 3.79. The number of amides is 2. The summed E-state index contributed by atoms with van der Waals surface area (Å²) in [5.74, 6) is -0.641. The van der Waals surface area contributed by atoms with Crippen LogP contribution in [-0.4, -0.2) is 16.8 Å². The standard InChI is InChI=1S/C17H16BrN3O2/c18-12-1-3-13(4-2-12)21-17(23)15-9-14(15)16(22)20-10-11-5-7-19-8-6-11/h1-8,14-15H,9-10H2,(H,20,22)(H,21,23). The first-order valence-corrected chi connectivity index (χ1v) is 8.16. The van der Waals surface area contributed by atoms with Crippen LogP contribution >= 0.6 is 15.9 Å². The number of hydrogen-bond donors (Lipinski definition) is 2. The van der Waals surface area contributed by atoms with Gasteiger partial charge in [0.1, 0.15) is 0 Å². The van der Waals surface area contributed by atoms with E-state index >= 15 is 0 Å². The van der Waals surface area contributed by atoms with E-state index < -0.39 is 0 Å². The Hall–Kier alpha value is -2.21. The summed E-state index contributed by atoms with van der Waals surface area (Å²) in [5, 5.41) is 5.71. The van der Waals surface area contributed by atoms with Crippen molar-refractivity contribution in [3.05, 3.63) is 58.8 Å². The van der Waals surface area contributed by atoms with Gasteiger partial charge in [-0.15, -0.1) is 0 Å². The Labute approximate surface area is 142 Å². The van der Waals surface area contributed by atoms with Gasteiger partial charge in [-0.1, -0.05) is 15.9 Å². The number of rotatable bonds is 5. The van der Waals surface area contributed by atoms with Crippen LogP contribution in [-0.2, 0) is 16.1 Å². The smallest absolute Gasteiger partial charge is 0.228 e. The third-order valence-corrected chi connectivity index (χ3v) is 4.32. The molecule has 2 amide bonds. The third kappa shape index (κ3) is 4.16. The summed E-state index contributed by atoms with van der Waals surface area (Å²) >= 11 is 3.35. The highest BCUT2D eigenvalue weighted by atomic mass is 79.9. The van der Waals surface area contributed by atoms with Crippen LogP contribution < -0.4 is 10.6 Å². The van der Waals surface area contributed by atoms with E-state index in [0.717, 1.165) is 15.7 Å². The monoisotopic (exact) mass is 373 g/mol. The average molecular weight is 374 g/mol. The van der Waals surface area contributed by atoms with Crippen LogP contribution in [0, 0.1) is 11.8 Å². The van der Waals surface area contributed by atoms with E-state index in [9.17, 15) is 9.59 Å². The van der Waals surface area contributed by atoms with Crippen molar-refractivity contribution in [1.82, 2.24) is 10.3 Å². The molecule has 2 unspecified atom stereocenters. The maximum Gasteiger partial charge on any atom is 0.228 e. The minimum Gasteiger partial charge on any atom is -0.352 e. The number of halogens is 1. The van der Waals surface area contributed by atoms with E-state index in [1.54, 1.807) is 12.4 Å². The van der Waals surface area contributed by atoms with Crippen LogP contribution in [0.3, 0.4) is 0 Å². The second-order valence-electron chi connectivity index (χ2n) is 5.52. The summed E-state index contributed by atoms with van der Waals surface area (Å²) in [6, 6.07) is 11.1. The second-order valence-corrected chi connectivity index (χ2v) is 6.43. The molecule has 6 heteroatoms. The van der Waals surface area contributed by atoms with E-state index in [1.165, 1.54) is 0 Å². The van der Waals surface area contributed by atoms with Crippen molar-refractivity contribution in [2.24, 2.45) is 11.8 Å². The van der Waals surface area contributed by atoms with Gasteiger partial charge in [0, 0.05) is 29.1 Å². The molecule has 1 aromatic heterocycles. The number of aromatic nitrogens is 1. The molecule has 5 nitrogen and oxygen atoms in total. The zero-order valence-electron chi connectivity index (χ0n) is 12.3. The molecule has 1 aliphatic rings. The molecule has 23 heavy (non-hydrogen) atoms. The molecule has 3 rings (SSSR count). The van der Waals surface area contributed by atoms with Gasteiger partial charge in [-0.2, -0.15) is 0 Å². The van der Waals surface area contributed by atoms with Crippen molar-refractivity contribution in [1.29, 1.82) is 0 Å². The van der Waals surface area contributed by atoms with Gasteiger partial charge in [0.25, 0.3) is 0 Å². The van der Waals surface area contributed by atoms with Crippen molar-refractivity contribution in [2.45, 2.75) is 13.0 Å². The number of nitrogens with zero attached hydrogens (tertiary/aromatic N) is 1. The number of hydrogen-bond acceptors (Lipinski definition) is 3. The molecule has 1 fully saturated rings. The first-order valence-electron chi connectivity index (χ1n) is 7.36. The van der Waals surface area contributed by atoms with Gasteiger partial charge < -0.3 is 10.6 Å². The predicted octanol–water partition coefficient (Wildman–Crippen LogP) is 2.74.